The molecule has 0 unspecified atom stereocenters. The maximum Gasteiger partial charge on any atom is 0.195 e. The van der Waals surface area contributed by atoms with Crippen LogP contribution in [0.15, 0.2) is 72.8 Å². The molecule has 2 aliphatic carbocycles. The van der Waals surface area contributed by atoms with Gasteiger partial charge in [0.2, 0.25) is 0 Å². The second-order valence-electron chi connectivity index (χ2n) is 9.28. The van der Waals surface area contributed by atoms with Crippen molar-refractivity contribution in [3.05, 3.63) is 84.0 Å². The molecule has 0 fully saturated rings. The first-order chi connectivity index (χ1) is 18.3. The number of carbonyl (C=O) groups excluding carboxylic acids is 2. The highest BCUT2D eigenvalue weighted by Gasteiger charge is 2.58. The van der Waals surface area contributed by atoms with Crippen LogP contribution >= 0.6 is 0 Å². The van der Waals surface area contributed by atoms with Crippen LogP contribution in [0.5, 0.6) is 11.5 Å². The van der Waals surface area contributed by atoms with E-state index < -0.39 is 35.2 Å². The summed E-state index contributed by atoms with van der Waals surface area (Å²) in [7, 11) is 9.26. The lowest BCUT2D eigenvalue weighted by atomic mass is 9.60. The van der Waals surface area contributed by atoms with E-state index in [4.69, 9.17) is 28.4 Å². The molecule has 0 heterocycles. The number of methoxy groups -OCH3 is 6. The Morgan fingerprint density at radius 2 is 0.842 bits per heavy atom. The highest BCUT2D eigenvalue weighted by atomic mass is 16.7. The van der Waals surface area contributed by atoms with Gasteiger partial charge in [0.25, 0.3) is 0 Å². The number of benzene rings is 2. The summed E-state index contributed by atoms with van der Waals surface area (Å²) in [5, 5.41) is 0. The number of rotatable bonds is 9. The molecule has 8 nitrogen and oxygen atoms in total. The molecule has 0 spiro atoms. The summed E-state index contributed by atoms with van der Waals surface area (Å²) >= 11 is 0. The van der Waals surface area contributed by atoms with Gasteiger partial charge in [-0.1, -0.05) is 24.3 Å². The zero-order valence-electron chi connectivity index (χ0n) is 22.5. The zero-order valence-corrected chi connectivity index (χ0v) is 22.5. The molecule has 2 aromatic rings. The van der Waals surface area contributed by atoms with E-state index >= 15 is 0 Å². The number of allylic oxidation sites excluding steroid dienone is 2. The molecule has 0 saturated carbocycles. The van der Waals surface area contributed by atoms with E-state index in [1.165, 1.54) is 40.6 Å². The van der Waals surface area contributed by atoms with Gasteiger partial charge in [0.1, 0.15) is 11.5 Å². The summed E-state index contributed by atoms with van der Waals surface area (Å²) in [6, 6.07) is 14.7. The van der Waals surface area contributed by atoms with E-state index in [-0.39, 0.29) is 11.6 Å². The molecule has 4 atom stereocenters. The Bertz CT molecular complexity index is 1090. The topological polar surface area (TPSA) is 89.5 Å². The first-order valence-corrected chi connectivity index (χ1v) is 12.3. The van der Waals surface area contributed by atoms with Gasteiger partial charge in [-0.2, -0.15) is 0 Å². The normalized spacial score (nSPS) is 25.8. The fourth-order valence-electron chi connectivity index (χ4n) is 5.87. The molecule has 0 N–H and O–H groups in total. The minimum Gasteiger partial charge on any atom is -0.497 e. The van der Waals surface area contributed by atoms with Gasteiger partial charge in [-0.05, 0) is 59.7 Å². The summed E-state index contributed by atoms with van der Waals surface area (Å²) in [5.41, 5.74) is 1.52. The molecule has 4 rings (SSSR count). The Labute approximate surface area is 223 Å². The lowest BCUT2D eigenvalue weighted by Gasteiger charge is -2.49. The molecule has 38 heavy (non-hydrogen) atoms. The van der Waals surface area contributed by atoms with E-state index in [9.17, 15) is 9.59 Å². The van der Waals surface area contributed by atoms with Crippen LogP contribution in [0.2, 0.25) is 0 Å². The Hall–Kier alpha value is -3.30. The number of ketones is 2. The Morgan fingerprint density at radius 3 is 1.11 bits per heavy atom. The van der Waals surface area contributed by atoms with Crippen LogP contribution in [0.25, 0.3) is 0 Å². The van der Waals surface area contributed by atoms with Crippen molar-refractivity contribution in [1.82, 2.24) is 0 Å². The first kappa shape index (κ1) is 27.7. The van der Waals surface area contributed by atoms with Crippen molar-refractivity contribution >= 4 is 11.6 Å². The Kier molecular flexibility index (Phi) is 8.18. The largest absolute Gasteiger partial charge is 0.497 e. The minimum atomic E-state index is -1.30. The van der Waals surface area contributed by atoms with Crippen molar-refractivity contribution in [2.24, 2.45) is 11.8 Å². The molecule has 0 bridgehead atoms. The fraction of sp³-hybridized carbons (Fsp3) is 0.400. The van der Waals surface area contributed by atoms with E-state index in [0.717, 1.165) is 11.1 Å². The standard InChI is InChI=1S/C30H34O8/c1-33-21-11-7-19(8-12-21)27-25(23(31)15-17-29(27,35-3)36-4)26-24(32)16-18-30(37-5,38-6)28(26)20-9-13-22(34-2)14-10-20/h7-18,25-28H,1-6H3/t25-,26-,27-,28-/m0/s1. The highest BCUT2D eigenvalue weighted by molar-refractivity contribution is 6.02. The van der Waals surface area contributed by atoms with Crippen LogP contribution in [-0.4, -0.2) is 65.8 Å². The zero-order chi connectivity index (χ0) is 27.5. The van der Waals surface area contributed by atoms with E-state index in [1.807, 2.05) is 48.5 Å². The summed E-state index contributed by atoms with van der Waals surface area (Å²) in [5.74, 6) is -4.81. The quantitative estimate of drug-likeness (QED) is 0.456. The molecule has 2 aliphatic rings. The molecule has 202 valence electrons. The van der Waals surface area contributed by atoms with Crippen LogP contribution in [0.1, 0.15) is 23.0 Å². The number of carbonyl (C=O) groups is 2. The molecule has 0 amide bonds. The van der Waals surface area contributed by atoms with Crippen molar-refractivity contribution in [1.29, 1.82) is 0 Å². The first-order valence-electron chi connectivity index (χ1n) is 12.3. The third-order valence-corrected chi connectivity index (χ3v) is 7.81. The molecule has 8 heteroatoms. The lowest BCUT2D eigenvalue weighted by molar-refractivity contribution is -0.217. The van der Waals surface area contributed by atoms with Crippen LogP contribution in [0.4, 0.5) is 0 Å². The predicted molar refractivity (Wildman–Crippen MR) is 140 cm³/mol. The Morgan fingerprint density at radius 1 is 0.526 bits per heavy atom. The minimum absolute atomic E-state index is 0.219. The summed E-state index contributed by atoms with van der Waals surface area (Å²) in [6.45, 7) is 0. The van der Waals surface area contributed by atoms with Gasteiger partial charge in [-0.15, -0.1) is 0 Å². The van der Waals surface area contributed by atoms with Crippen molar-refractivity contribution in [3.63, 3.8) is 0 Å². The second-order valence-corrected chi connectivity index (χ2v) is 9.28. The average molecular weight is 523 g/mol. The van der Waals surface area contributed by atoms with Gasteiger partial charge < -0.3 is 28.4 Å². The Balaban J connectivity index is 1.96. The van der Waals surface area contributed by atoms with E-state index in [1.54, 1.807) is 26.4 Å². The van der Waals surface area contributed by atoms with Crippen molar-refractivity contribution in [2.75, 3.05) is 42.7 Å². The van der Waals surface area contributed by atoms with Gasteiger partial charge in [0.15, 0.2) is 23.1 Å². The van der Waals surface area contributed by atoms with Gasteiger partial charge >= 0.3 is 0 Å². The summed E-state index contributed by atoms with van der Waals surface area (Å²) in [6.07, 6.45) is 6.11. The van der Waals surface area contributed by atoms with Crippen LogP contribution in [0, 0.1) is 11.8 Å². The predicted octanol–water partition coefficient (Wildman–Crippen LogP) is 4.06. The van der Waals surface area contributed by atoms with Crippen molar-refractivity contribution in [3.8, 4) is 11.5 Å². The molecular formula is C30H34O8. The highest BCUT2D eigenvalue weighted by Crippen LogP contribution is 2.53. The van der Waals surface area contributed by atoms with Gasteiger partial charge in [0.05, 0.1) is 26.1 Å². The molecule has 0 aliphatic heterocycles. The number of hydrogen-bond donors (Lipinski definition) is 0. The molecular weight excluding hydrogens is 488 g/mol. The fourth-order valence-corrected chi connectivity index (χ4v) is 5.87. The second kappa shape index (κ2) is 11.2. The molecule has 2 aromatic carbocycles. The van der Waals surface area contributed by atoms with E-state index in [0.29, 0.717) is 11.5 Å². The van der Waals surface area contributed by atoms with Crippen LogP contribution < -0.4 is 9.47 Å². The van der Waals surface area contributed by atoms with Gasteiger partial charge in [-0.3, -0.25) is 9.59 Å². The number of ether oxygens (including phenoxy) is 6. The lowest BCUT2D eigenvalue weighted by Crippen LogP contribution is -2.55. The third kappa shape index (κ3) is 4.58. The summed E-state index contributed by atoms with van der Waals surface area (Å²) < 4.78 is 34.4. The van der Waals surface area contributed by atoms with Crippen molar-refractivity contribution in [2.45, 2.75) is 23.4 Å². The smallest absolute Gasteiger partial charge is 0.195 e. The number of hydrogen-bond acceptors (Lipinski definition) is 8. The molecule has 0 aromatic heterocycles. The van der Waals surface area contributed by atoms with Gasteiger partial charge in [0, 0.05) is 40.3 Å². The van der Waals surface area contributed by atoms with E-state index in [2.05, 4.69) is 0 Å². The maximum atomic E-state index is 13.8. The SMILES string of the molecule is COc1ccc([C@H]2[C@H]([C@@H]3C(=O)C=CC(OC)(OC)[C@H]3c3ccc(OC)cc3)C(=O)C=CC2(OC)OC)cc1. The molecule has 0 saturated heterocycles. The third-order valence-electron chi connectivity index (χ3n) is 7.81. The van der Waals surface area contributed by atoms with Crippen LogP contribution in [-0.2, 0) is 28.5 Å². The maximum absolute atomic E-state index is 13.8. The van der Waals surface area contributed by atoms with Crippen LogP contribution in [0.3, 0.4) is 0 Å². The molecule has 0 radical (unpaired) electrons. The average Bonchev–Trinajstić information content (AvgIpc) is 2.97. The van der Waals surface area contributed by atoms with Crippen molar-refractivity contribution < 1.29 is 38.0 Å². The summed E-state index contributed by atoms with van der Waals surface area (Å²) in [4.78, 5) is 27.7. The van der Waals surface area contributed by atoms with Gasteiger partial charge in [-0.25, -0.2) is 0 Å². The monoisotopic (exact) mass is 522 g/mol.